The molecule has 0 atom stereocenters. The highest BCUT2D eigenvalue weighted by Crippen LogP contribution is 2.50. The fourth-order valence-electron chi connectivity index (χ4n) is 4.10. The molecule has 1 aliphatic rings. The lowest BCUT2D eigenvalue weighted by Gasteiger charge is -2.31. The Morgan fingerprint density at radius 2 is 1.24 bits per heavy atom. The topological polar surface area (TPSA) is 98.8 Å². The maximum absolute atomic E-state index is 11.5. The second kappa shape index (κ2) is 8.53. The standard InChI is InChI=1S/C23H20ClNO6S3/c1-14-20(24)13-12-19-21(14)25-22(32)23(19,15-4-8-17(9-5-15)30-33(2,26)27)16-6-10-18(11-7-16)31-34(3,28)29/h4-13H,1-3H3,(H,25,32). The molecule has 178 valence electrons. The van der Waals surface area contributed by atoms with E-state index >= 15 is 0 Å². The van der Waals surface area contributed by atoms with Crippen molar-refractivity contribution in [1.29, 1.82) is 0 Å². The number of benzene rings is 3. The molecule has 34 heavy (non-hydrogen) atoms. The first-order valence-corrected chi connectivity index (χ1v) is 14.3. The van der Waals surface area contributed by atoms with Gasteiger partial charge in [-0.1, -0.05) is 54.2 Å². The second-order valence-corrected chi connectivity index (χ2v) is 11.9. The van der Waals surface area contributed by atoms with Crippen molar-refractivity contribution in [3.05, 3.63) is 87.9 Å². The fourth-order valence-corrected chi connectivity index (χ4v) is 5.63. The van der Waals surface area contributed by atoms with Gasteiger partial charge in [0.1, 0.15) is 11.5 Å². The summed E-state index contributed by atoms with van der Waals surface area (Å²) in [6, 6.07) is 16.9. The summed E-state index contributed by atoms with van der Waals surface area (Å²) in [5.41, 5.74) is 3.02. The van der Waals surface area contributed by atoms with Gasteiger partial charge in [-0.15, -0.1) is 0 Å². The highest BCUT2D eigenvalue weighted by molar-refractivity contribution is 7.86. The number of fused-ring (bicyclic) bond motifs is 1. The van der Waals surface area contributed by atoms with Crippen LogP contribution in [0.25, 0.3) is 0 Å². The van der Waals surface area contributed by atoms with Crippen molar-refractivity contribution in [3.63, 3.8) is 0 Å². The van der Waals surface area contributed by atoms with Crippen molar-refractivity contribution in [3.8, 4) is 11.5 Å². The van der Waals surface area contributed by atoms with Gasteiger partial charge in [-0.05, 0) is 59.5 Å². The van der Waals surface area contributed by atoms with E-state index in [1.807, 2.05) is 13.0 Å². The maximum atomic E-state index is 11.5. The first kappa shape index (κ1) is 24.5. The number of nitrogens with one attached hydrogen (secondary N) is 1. The minimum atomic E-state index is -3.68. The Hall–Kier alpha value is -2.66. The lowest BCUT2D eigenvalue weighted by Crippen LogP contribution is -2.35. The van der Waals surface area contributed by atoms with Crippen molar-refractivity contribution in [2.24, 2.45) is 0 Å². The van der Waals surface area contributed by atoms with Crippen LogP contribution < -0.4 is 13.7 Å². The summed E-state index contributed by atoms with van der Waals surface area (Å²) in [6.07, 6.45) is 1.95. The molecule has 0 saturated heterocycles. The van der Waals surface area contributed by atoms with Crippen LogP contribution in [-0.2, 0) is 25.7 Å². The van der Waals surface area contributed by atoms with Gasteiger partial charge in [0.15, 0.2) is 0 Å². The lowest BCUT2D eigenvalue weighted by atomic mass is 9.70. The summed E-state index contributed by atoms with van der Waals surface area (Å²) in [5, 5.41) is 3.87. The Balaban J connectivity index is 1.92. The first-order valence-electron chi connectivity index (χ1n) is 9.92. The van der Waals surface area contributed by atoms with Gasteiger partial charge in [-0.2, -0.15) is 16.8 Å². The predicted molar refractivity (Wildman–Crippen MR) is 136 cm³/mol. The normalized spacial score (nSPS) is 14.9. The lowest BCUT2D eigenvalue weighted by molar-refractivity contribution is 0.491. The molecule has 3 aromatic rings. The van der Waals surface area contributed by atoms with E-state index in [9.17, 15) is 16.8 Å². The van der Waals surface area contributed by atoms with Gasteiger partial charge < -0.3 is 13.7 Å². The first-order chi connectivity index (χ1) is 15.8. The zero-order valence-electron chi connectivity index (χ0n) is 18.3. The second-order valence-electron chi connectivity index (χ2n) is 7.92. The Morgan fingerprint density at radius 1 is 0.794 bits per heavy atom. The van der Waals surface area contributed by atoms with E-state index in [2.05, 4.69) is 5.32 Å². The van der Waals surface area contributed by atoms with Crippen LogP contribution in [0, 0.1) is 6.92 Å². The molecular weight excluding hydrogens is 518 g/mol. The highest BCUT2D eigenvalue weighted by atomic mass is 35.5. The van der Waals surface area contributed by atoms with Crippen LogP contribution in [0.15, 0.2) is 60.7 Å². The molecule has 11 heteroatoms. The maximum Gasteiger partial charge on any atom is 0.306 e. The number of hydrogen-bond acceptors (Lipinski definition) is 7. The van der Waals surface area contributed by atoms with Crippen LogP contribution in [-0.4, -0.2) is 34.3 Å². The van der Waals surface area contributed by atoms with Gasteiger partial charge in [0.05, 0.1) is 22.9 Å². The van der Waals surface area contributed by atoms with Crippen molar-refractivity contribution in [1.82, 2.24) is 0 Å². The van der Waals surface area contributed by atoms with Crippen LogP contribution in [0.4, 0.5) is 5.69 Å². The molecule has 4 rings (SSSR count). The molecule has 0 saturated carbocycles. The quantitative estimate of drug-likeness (QED) is 0.364. The SMILES string of the molecule is Cc1c(Cl)ccc2c1NC(=S)C2(c1ccc(OS(C)(=O)=O)cc1)c1ccc(OS(C)(=O)=O)cc1. The third-order valence-corrected chi connectivity index (χ3v) is 7.26. The average Bonchev–Trinajstić information content (AvgIpc) is 3.03. The average molecular weight is 538 g/mol. The summed E-state index contributed by atoms with van der Waals surface area (Å²) in [4.78, 5) is 0.487. The molecule has 0 unspecified atom stereocenters. The van der Waals surface area contributed by atoms with Gasteiger partial charge in [-0.25, -0.2) is 0 Å². The Kier molecular flexibility index (Phi) is 6.14. The van der Waals surface area contributed by atoms with Crippen molar-refractivity contribution >= 4 is 54.7 Å². The largest absolute Gasteiger partial charge is 0.383 e. The molecule has 7 nitrogen and oxygen atoms in total. The number of hydrogen-bond donors (Lipinski definition) is 1. The zero-order valence-corrected chi connectivity index (χ0v) is 21.5. The van der Waals surface area contributed by atoms with E-state index < -0.39 is 25.7 Å². The molecule has 0 aliphatic carbocycles. The summed E-state index contributed by atoms with van der Waals surface area (Å²) in [7, 11) is -7.36. The Labute approximate surface area is 208 Å². The molecule has 3 aromatic carbocycles. The summed E-state index contributed by atoms with van der Waals surface area (Å²) in [6.45, 7) is 1.89. The molecule has 0 spiro atoms. The van der Waals surface area contributed by atoms with Crippen LogP contribution >= 0.6 is 23.8 Å². The summed E-state index contributed by atoms with van der Waals surface area (Å²) >= 11 is 12.2. The molecule has 0 bridgehead atoms. The Morgan fingerprint density at radius 3 is 1.65 bits per heavy atom. The van der Waals surface area contributed by atoms with E-state index in [1.165, 1.54) is 0 Å². The van der Waals surface area contributed by atoms with Gasteiger partial charge in [0.25, 0.3) is 0 Å². The minimum Gasteiger partial charge on any atom is -0.383 e. The predicted octanol–water partition coefficient (Wildman–Crippen LogP) is 4.41. The third-order valence-electron chi connectivity index (χ3n) is 5.45. The van der Waals surface area contributed by atoms with Crippen molar-refractivity contribution < 1.29 is 25.2 Å². The molecule has 1 N–H and O–H groups in total. The van der Waals surface area contributed by atoms with Crippen molar-refractivity contribution in [2.75, 3.05) is 17.8 Å². The highest BCUT2D eigenvalue weighted by Gasteiger charge is 2.47. The third kappa shape index (κ3) is 4.50. The van der Waals surface area contributed by atoms with E-state index in [0.717, 1.165) is 40.5 Å². The van der Waals surface area contributed by atoms with Gasteiger partial charge in [0.2, 0.25) is 0 Å². The zero-order chi connectivity index (χ0) is 24.9. The van der Waals surface area contributed by atoms with E-state index in [1.54, 1.807) is 54.6 Å². The molecule has 1 aliphatic heterocycles. The van der Waals surface area contributed by atoms with Crippen LogP contribution in [0.1, 0.15) is 22.3 Å². The molecule has 1 heterocycles. The van der Waals surface area contributed by atoms with Crippen LogP contribution in [0.3, 0.4) is 0 Å². The van der Waals surface area contributed by atoms with E-state index in [-0.39, 0.29) is 11.5 Å². The Bertz CT molecular complexity index is 1420. The fraction of sp³-hybridized carbons (Fsp3) is 0.174. The van der Waals surface area contributed by atoms with Crippen LogP contribution in [0.5, 0.6) is 11.5 Å². The van der Waals surface area contributed by atoms with E-state index in [4.69, 9.17) is 32.2 Å². The number of anilines is 1. The smallest absolute Gasteiger partial charge is 0.306 e. The molecule has 0 fully saturated rings. The summed E-state index contributed by atoms with van der Waals surface area (Å²) in [5.74, 6) is 0.338. The van der Waals surface area contributed by atoms with Crippen LogP contribution in [0.2, 0.25) is 5.02 Å². The molecular formula is C23H20ClNO6S3. The van der Waals surface area contributed by atoms with E-state index in [0.29, 0.717) is 10.0 Å². The van der Waals surface area contributed by atoms with Gasteiger partial charge >= 0.3 is 20.2 Å². The van der Waals surface area contributed by atoms with Crippen molar-refractivity contribution in [2.45, 2.75) is 12.3 Å². The summed E-state index contributed by atoms with van der Waals surface area (Å²) < 4.78 is 56.1. The number of thiocarbonyl (C=S) groups is 1. The molecule has 0 aromatic heterocycles. The monoisotopic (exact) mass is 537 g/mol. The number of rotatable bonds is 6. The van der Waals surface area contributed by atoms with Gasteiger partial charge in [0, 0.05) is 10.7 Å². The molecule has 0 amide bonds. The number of halogens is 1. The minimum absolute atomic E-state index is 0.169. The molecule has 0 radical (unpaired) electrons. The van der Waals surface area contributed by atoms with Gasteiger partial charge in [-0.3, -0.25) is 0 Å².